The minimum atomic E-state index is -0.120. The molecule has 2 aromatic carbocycles. The summed E-state index contributed by atoms with van der Waals surface area (Å²) in [6.07, 6.45) is 3.55. The second-order valence-corrected chi connectivity index (χ2v) is 7.52. The van der Waals surface area contributed by atoms with Crippen molar-refractivity contribution in [1.29, 1.82) is 0 Å². The van der Waals surface area contributed by atoms with Crippen LogP contribution in [0, 0.1) is 0 Å². The van der Waals surface area contributed by atoms with Gasteiger partial charge in [0, 0.05) is 31.0 Å². The minimum absolute atomic E-state index is 0.0259. The van der Waals surface area contributed by atoms with Crippen molar-refractivity contribution in [3.63, 3.8) is 0 Å². The number of hydrogen-bond acceptors (Lipinski definition) is 4. The third-order valence-electron chi connectivity index (χ3n) is 5.18. The Hall–Kier alpha value is -2.96. The lowest BCUT2D eigenvalue weighted by Crippen LogP contribution is -2.51. The standard InChI is InChI=1S/C23H26N4O2/c1-25(2)17-21-22(18-7-4-3-5-8-18)26(15-16-29-21)23(28)19-9-11-20(12-10-19)27-14-6-13-24-27/h3-14,21-22H,15-17H2,1-2H3/t21-,22-/m0/s1. The van der Waals surface area contributed by atoms with E-state index in [2.05, 4.69) is 22.1 Å². The molecule has 150 valence electrons. The highest BCUT2D eigenvalue weighted by atomic mass is 16.5. The number of carbonyl (C=O) groups excluding carboxylic acids is 1. The molecule has 3 aromatic rings. The molecule has 1 aliphatic rings. The highest BCUT2D eigenvalue weighted by Crippen LogP contribution is 2.31. The Morgan fingerprint density at radius 1 is 1.10 bits per heavy atom. The number of ether oxygens (including phenoxy) is 1. The monoisotopic (exact) mass is 390 g/mol. The number of nitrogens with zero attached hydrogens (tertiary/aromatic N) is 4. The van der Waals surface area contributed by atoms with Crippen molar-refractivity contribution in [2.45, 2.75) is 12.1 Å². The maximum atomic E-state index is 13.4. The van der Waals surface area contributed by atoms with Gasteiger partial charge in [-0.1, -0.05) is 30.3 Å². The first-order valence-corrected chi connectivity index (χ1v) is 9.86. The fourth-order valence-electron chi connectivity index (χ4n) is 3.86. The molecule has 0 radical (unpaired) electrons. The summed E-state index contributed by atoms with van der Waals surface area (Å²) in [5.41, 5.74) is 2.70. The molecule has 29 heavy (non-hydrogen) atoms. The lowest BCUT2D eigenvalue weighted by molar-refractivity contribution is -0.0684. The molecule has 6 nitrogen and oxygen atoms in total. The van der Waals surface area contributed by atoms with Crippen LogP contribution in [0.1, 0.15) is 22.0 Å². The number of carbonyl (C=O) groups is 1. The van der Waals surface area contributed by atoms with Gasteiger partial charge < -0.3 is 14.5 Å². The van der Waals surface area contributed by atoms with Crippen LogP contribution in [0.3, 0.4) is 0 Å². The van der Waals surface area contributed by atoms with Crippen molar-refractivity contribution >= 4 is 5.91 Å². The summed E-state index contributed by atoms with van der Waals surface area (Å²) in [7, 11) is 4.06. The molecule has 1 saturated heterocycles. The summed E-state index contributed by atoms with van der Waals surface area (Å²) >= 11 is 0. The zero-order chi connectivity index (χ0) is 20.2. The lowest BCUT2D eigenvalue weighted by Gasteiger charge is -2.42. The van der Waals surface area contributed by atoms with Gasteiger partial charge in [-0.25, -0.2) is 4.68 Å². The van der Waals surface area contributed by atoms with E-state index in [-0.39, 0.29) is 18.1 Å². The number of aromatic nitrogens is 2. The summed E-state index contributed by atoms with van der Waals surface area (Å²) in [5.74, 6) is 0.0259. The van der Waals surface area contributed by atoms with E-state index in [1.165, 1.54) is 0 Å². The molecule has 0 spiro atoms. The molecule has 0 N–H and O–H groups in total. The number of likely N-dealkylation sites (N-methyl/N-ethyl adjacent to an activating group) is 1. The molecule has 0 unspecified atom stereocenters. The van der Waals surface area contributed by atoms with Crippen molar-refractivity contribution in [1.82, 2.24) is 19.6 Å². The minimum Gasteiger partial charge on any atom is -0.373 e. The quantitative estimate of drug-likeness (QED) is 0.672. The van der Waals surface area contributed by atoms with E-state index in [0.29, 0.717) is 18.7 Å². The van der Waals surface area contributed by atoms with Gasteiger partial charge >= 0.3 is 0 Å². The Labute approximate surface area is 171 Å². The Morgan fingerprint density at radius 3 is 2.52 bits per heavy atom. The molecule has 1 amide bonds. The van der Waals surface area contributed by atoms with Crippen molar-refractivity contribution in [3.8, 4) is 5.69 Å². The van der Waals surface area contributed by atoms with Crippen LogP contribution < -0.4 is 0 Å². The molecule has 6 heteroatoms. The Kier molecular flexibility index (Phi) is 5.74. The molecule has 2 heterocycles. The maximum Gasteiger partial charge on any atom is 0.254 e. The van der Waals surface area contributed by atoms with Crippen LogP contribution in [0.25, 0.3) is 5.69 Å². The van der Waals surface area contributed by atoms with Gasteiger partial charge in [-0.2, -0.15) is 5.10 Å². The predicted molar refractivity (Wildman–Crippen MR) is 112 cm³/mol. The Bertz CT molecular complexity index is 923. The second kappa shape index (κ2) is 8.59. The highest BCUT2D eigenvalue weighted by Gasteiger charge is 2.36. The molecule has 0 saturated carbocycles. The molecular weight excluding hydrogens is 364 g/mol. The maximum absolute atomic E-state index is 13.4. The van der Waals surface area contributed by atoms with Crippen LogP contribution >= 0.6 is 0 Å². The second-order valence-electron chi connectivity index (χ2n) is 7.52. The van der Waals surface area contributed by atoms with Crippen molar-refractivity contribution in [2.24, 2.45) is 0 Å². The highest BCUT2D eigenvalue weighted by molar-refractivity contribution is 5.94. The van der Waals surface area contributed by atoms with Crippen molar-refractivity contribution < 1.29 is 9.53 Å². The zero-order valence-corrected chi connectivity index (χ0v) is 16.8. The number of morpholine rings is 1. The molecule has 0 aliphatic carbocycles. The third-order valence-corrected chi connectivity index (χ3v) is 5.18. The first kappa shape index (κ1) is 19.4. The first-order chi connectivity index (χ1) is 14.1. The summed E-state index contributed by atoms with van der Waals surface area (Å²) in [4.78, 5) is 17.5. The van der Waals surface area contributed by atoms with Crippen LogP contribution in [-0.2, 0) is 4.74 Å². The van der Waals surface area contributed by atoms with Crippen LogP contribution in [0.15, 0.2) is 73.1 Å². The largest absolute Gasteiger partial charge is 0.373 e. The van der Waals surface area contributed by atoms with Gasteiger partial charge in [0.2, 0.25) is 0 Å². The fourth-order valence-corrected chi connectivity index (χ4v) is 3.86. The van der Waals surface area contributed by atoms with E-state index >= 15 is 0 Å². The van der Waals surface area contributed by atoms with Gasteiger partial charge in [-0.3, -0.25) is 4.79 Å². The summed E-state index contributed by atoms with van der Waals surface area (Å²) in [6, 6.07) is 19.5. The van der Waals surface area contributed by atoms with Crippen molar-refractivity contribution in [2.75, 3.05) is 33.8 Å². The number of amides is 1. The van der Waals surface area contributed by atoms with Gasteiger partial charge in [-0.15, -0.1) is 0 Å². The Balaban J connectivity index is 1.62. The van der Waals surface area contributed by atoms with Gasteiger partial charge in [0.1, 0.15) is 0 Å². The predicted octanol–water partition coefficient (Wildman–Crippen LogP) is 3.02. The van der Waals surface area contributed by atoms with Gasteiger partial charge in [0.25, 0.3) is 5.91 Å². The van der Waals surface area contributed by atoms with Crippen molar-refractivity contribution in [3.05, 3.63) is 84.2 Å². The van der Waals surface area contributed by atoms with Crippen LogP contribution in [-0.4, -0.2) is 65.4 Å². The van der Waals surface area contributed by atoms with E-state index in [4.69, 9.17) is 4.74 Å². The molecule has 0 bridgehead atoms. The van der Waals surface area contributed by atoms with Crippen LogP contribution in [0.4, 0.5) is 0 Å². The normalized spacial score (nSPS) is 19.5. The smallest absolute Gasteiger partial charge is 0.254 e. The summed E-state index contributed by atoms with van der Waals surface area (Å²) in [6.45, 7) is 1.86. The fraction of sp³-hybridized carbons (Fsp3) is 0.304. The molecule has 1 aliphatic heterocycles. The number of rotatable bonds is 5. The van der Waals surface area contributed by atoms with E-state index in [0.717, 1.165) is 17.8 Å². The molecule has 4 rings (SSSR count). The SMILES string of the molecule is CN(C)C[C@@H]1OCCN(C(=O)c2ccc(-n3cccn3)cc2)[C@H]1c1ccccc1. The molecular formula is C23H26N4O2. The van der Waals surface area contributed by atoms with Gasteiger partial charge in [0.15, 0.2) is 0 Å². The summed E-state index contributed by atoms with van der Waals surface area (Å²) < 4.78 is 7.87. The van der Waals surface area contributed by atoms with E-state index in [9.17, 15) is 4.79 Å². The van der Waals surface area contributed by atoms with E-state index in [1.807, 2.05) is 73.7 Å². The number of hydrogen-bond donors (Lipinski definition) is 0. The lowest BCUT2D eigenvalue weighted by atomic mass is 9.96. The first-order valence-electron chi connectivity index (χ1n) is 9.86. The topological polar surface area (TPSA) is 50.6 Å². The van der Waals surface area contributed by atoms with Crippen LogP contribution in [0.5, 0.6) is 0 Å². The number of benzene rings is 2. The average molecular weight is 390 g/mol. The summed E-state index contributed by atoms with van der Waals surface area (Å²) in [5, 5.41) is 4.24. The Morgan fingerprint density at radius 2 is 1.86 bits per heavy atom. The molecule has 1 aromatic heterocycles. The zero-order valence-electron chi connectivity index (χ0n) is 16.8. The molecule has 1 fully saturated rings. The van der Waals surface area contributed by atoms with E-state index < -0.39 is 0 Å². The molecule has 2 atom stereocenters. The van der Waals surface area contributed by atoms with Crippen LogP contribution in [0.2, 0.25) is 0 Å². The van der Waals surface area contributed by atoms with Gasteiger partial charge in [0.05, 0.1) is 24.4 Å². The van der Waals surface area contributed by atoms with Gasteiger partial charge in [-0.05, 0) is 50.0 Å². The third kappa shape index (κ3) is 4.23. The van der Waals surface area contributed by atoms with E-state index in [1.54, 1.807) is 10.9 Å². The average Bonchev–Trinajstić information content (AvgIpc) is 3.28.